The van der Waals surface area contributed by atoms with Crippen LogP contribution < -0.4 is 0 Å². The molecule has 0 amide bonds. The van der Waals surface area contributed by atoms with E-state index in [0.717, 1.165) is 0 Å². The van der Waals surface area contributed by atoms with E-state index in [9.17, 15) is 9.90 Å². The summed E-state index contributed by atoms with van der Waals surface area (Å²) in [6.45, 7) is 1.43. The standard InChI is InChI=1S/C12H8Br2N2O2.C2H3N/c13-9-3-1-7(5-15-9)11(12(17)18)8-2-4-10(14)16-6-8;1-2-3/h1-6,11H,(H,17,18);1H3. The molecule has 0 bridgehead atoms. The van der Waals surface area contributed by atoms with Crippen LogP contribution >= 0.6 is 31.9 Å². The number of aromatic nitrogens is 2. The van der Waals surface area contributed by atoms with Crippen molar-refractivity contribution in [2.24, 2.45) is 0 Å². The number of carboxylic acids is 1. The molecule has 1 N–H and O–H groups in total. The molecule has 7 heteroatoms. The molecular formula is C14H11Br2N3O2. The first kappa shape index (κ1) is 17.3. The van der Waals surface area contributed by atoms with Gasteiger partial charge < -0.3 is 5.11 Å². The van der Waals surface area contributed by atoms with E-state index in [-0.39, 0.29) is 0 Å². The fourth-order valence-electron chi connectivity index (χ4n) is 1.59. The normalized spacial score (nSPS) is 9.48. The molecule has 0 aliphatic heterocycles. The first-order valence-corrected chi connectivity index (χ1v) is 7.34. The summed E-state index contributed by atoms with van der Waals surface area (Å²) in [5, 5.41) is 16.7. The van der Waals surface area contributed by atoms with Crippen molar-refractivity contribution < 1.29 is 9.90 Å². The smallest absolute Gasteiger partial charge is 0.315 e. The topological polar surface area (TPSA) is 86.9 Å². The number of carbonyl (C=O) groups is 1. The van der Waals surface area contributed by atoms with Crippen LogP contribution in [-0.2, 0) is 4.79 Å². The summed E-state index contributed by atoms with van der Waals surface area (Å²) < 4.78 is 1.34. The van der Waals surface area contributed by atoms with Gasteiger partial charge in [0.25, 0.3) is 0 Å². The zero-order valence-corrected chi connectivity index (χ0v) is 14.2. The zero-order chi connectivity index (χ0) is 15.8. The van der Waals surface area contributed by atoms with Gasteiger partial charge in [-0.2, -0.15) is 5.26 Å². The van der Waals surface area contributed by atoms with E-state index in [1.807, 2.05) is 0 Å². The fraction of sp³-hybridized carbons (Fsp3) is 0.143. The van der Waals surface area contributed by atoms with Crippen LogP contribution in [0.2, 0.25) is 0 Å². The Hall–Kier alpha value is -1.78. The van der Waals surface area contributed by atoms with Crippen LogP contribution in [-0.4, -0.2) is 21.0 Å². The second kappa shape index (κ2) is 8.49. The van der Waals surface area contributed by atoms with Crippen LogP contribution in [0.1, 0.15) is 24.0 Å². The second-order valence-corrected chi connectivity index (χ2v) is 5.45. The van der Waals surface area contributed by atoms with Gasteiger partial charge in [0.05, 0.1) is 6.07 Å². The van der Waals surface area contributed by atoms with E-state index in [4.69, 9.17) is 5.26 Å². The molecule has 0 radical (unpaired) electrons. The molecule has 2 aromatic heterocycles. The van der Waals surface area contributed by atoms with Crippen LogP contribution in [0.3, 0.4) is 0 Å². The highest BCUT2D eigenvalue weighted by molar-refractivity contribution is 9.10. The zero-order valence-electron chi connectivity index (χ0n) is 11.0. The van der Waals surface area contributed by atoms with Crippen molar-refractivity contribution in [3.8, 4) is 6.07 Å². The first-order chi connectivity index (χ1) is 9.99. The average molecular weight is 413 g/mol. The summed E-state index contributed by atoms with van der Waals surface area (Å²) >= 11 is 6.44. The Morgan fingerprint density at radius 3 is 1.76 bits per heavy atom. The first-order valence-electron chi connectivity index (χ1n) is 5.76. The average Bonchev–Trinajstić information content (AvgIpc) is 2.44. The maximum Gasteiger partial charge on any atom is 0.315 e. The molecule has 0 unspecified atom stereocenters. The predicted octanol–water partition coefficient (Wildman–Crippen LogP) is 3.75. The predicted molar refractivity (Wildman–Crippen MR) is 84.6 cm³/mol. The Balaban J connectivity index is 0.000000677. The number of carboxylic acid groups (broad SMARTS) is 1. The van der Waals surface area contributed by atoms with Gasteiger partial charge in [-0.05, 0) is 55.1 Å². The van der Waals surface area contributed by atoms with Crippen molar-refractivity contribution in [2.75, 3.05) is 0 Å². The van der Waals surface area contributed by atoms with Gasteiger partial charge in [-0.3, -0.25) is 4.79 Å². The van der Waals surface area contributed by atoms with Crippen molar-refractivity contribution in [3.63, 3.8) is 0 Å². The molecule has 0 aliphatic carbocycles. The molecular weight excluding hydrogens is 402 g/mol. The van der Waals surface area contributed by atoms with Gasteiger partial charge in [-0.1, -0.05) is 12.1 Å². The van der Waals surface area contributed by atoms with E-state index in [2.05, 4.69) is 41.8 Å². The highest BCUT2D eigenvalue weighted by Crippen LogP contribution is 2.25. The van der Waals surface area contributed by atoms with Crippen LogP contribution in [0.5, 0.6) is 0 Å². The Morgan fingerprint density at radius 1 is 1.14 bits per heavy atom. The minimum atomic E-state index is -0.928. The van der Waals surface area contributed by atoms with Gasteiger partial charge in [0.1, 0.15) is 15.1 Å². The largest absolute Gasteiger partial charge is 0.481 e. The Morgan fingerprint density at radius 2 is 1.52 bits per heavy atom. The maximum absolute atomic E-state index is 11.4. The van der Waals surface area contributed by atoms with Crippen LogP contribution in [0.15, 0.2) is 45.9 Å². The number of hydrogen-bond acceptors (Lipinski definition) is 4. The molecule has 0 atom stereocenters. The number of rotatable bonds is 3. The number of nitrogens with zero attached hydrogens (tertiary/aromatic N) is 3. The van der Waals surface area contributed by atoms with Gasteiger partial charge in [-0.25, -0.2) is 9.97 Å². The summed E-state index contributed by atoms with van der Waals surface area (Å²) in [4.78, 5) is 19.5. The van der Waals surface area contributed by atoms with Crippen LogP contribution in [0.4, 0.5) is 0 Å². The van der Waals surface area contributed by atoms with Crippen LogP contribution in [0, 0.1) is 11.3 Å². The summed E-state index contributed by atoms with van der Waals surface area (Å²) in [7, 11) is 0. The van der Waals surface area contributed by atoms with Gasteiger partial charge in [0.2, 0.25) is 0 Å². The quantitative estimate of drug-likeness (QED) is 0.775. The van der Waals surface area contributed by atoms with Gasteiger partial charge in [0.15, 0.2) is 0 Å². The third-order valence-electron chi connectivity index (χ3n) is 2.41. The van der Waals surface area contributed by atoms with E-state index in [1.54, 1.807) is 42.7 Å². The van der Waals surface area contributed by atoms with Gasteiger partial charge >= 0.3 is 5.97 Å². The Kier molecular flexibility index (Phi) is 6.99. The Bertz CT molecular complexity index is 591. The van der Waals surface area contributed by atoms with E-state index in [0.29, 0.717) is 20.3 Å². The van der Waals surface area contributed by atoms with E-state index < -0.39 is 11.9 Å². The summed E-state index contributed by atoms with van der Waals surface area (Å²) in [5.74, 6) is -1.69. The third-order valence-corrected chi connectivity index (χ3v) is 3.35. The molecule has 108 valence electrons. The van der Waals surface area contributed by atoms with E-state index in [1.165, 1.54) is 6.92 Å². The highest BCUT2D eigenvalue weighted by Gasteiger charge is 2.22. The molecule has 0 saturated heterocycles. The number of pyridine rings is 2. The molecule has 5 nitrogen and oxygen atoms in total. The van der Waals surface area contributed by atoms with Crippen molar-refractivity contribution >= 4 is 37.8 Å². The van der Waals surface area contributed by atoms with Crippen molar-refractivity contribution in [1.82, 2.24) is 9.97 Å². The lowest BCUT2D eigenvalue weighted by Gasteiger charge is -2.12. The lowest BCUT2D eigenvalue weighted by molar-refractivity contribution is -0.137. The highest BCUT2D eigenvalue weighted by atomic mass is 79.9. The molecule has 0 saturated carbocycles. The fourth-order valence-corrected chi connectivity index (χ4v) is 2.06. The maximum atomic E-state index is 11.4. The molecule has 0 aliphatic rings. The van der Waals surface area contributed by atoms with Crippen molar-refractivity contribution in [3.05, 3.63) is 57.0 Å². The SMILES string of the molecule is CC#N.O=C(O)C(c1ccc(Br)nc1)c1ccc(Br)nc1. The molecule has 2 aromatic rings. The minimum Gasteiger partial charge on any atom is -0.481 e. The monoisotopic (exact) mass is 411 g/mol. The van der Waals surface area contributed by atoms with E-state index >= 15 is 0 Å². The number of halogens is 2. The summed E-state index contributed by atoms with van der Waals surface area (Å²) in [6, 6.07) is 8.66. The summed E-state index contributed by atoms with van der Waals surface area (Å²) in [5.41, 5.74) is 1.24. The lowest BCUT2D eigenvalue weighted by Crippen LogP contribution is -2.13. The van der Waals surface area contributed by atoms with Crippen molar-refractivity contribution in [2.45, 2.75) is 12.8 Å². The van der Waals surface area contributed by atoms with Crippen molar-refractivity contribution in [1.29, 1.82) is 5.26 Å². The minimum absolute atomic E-state index is 0.620. The Labute approximate surface area is 138 Å². The molecule has 2 heterocycles. The van der Waals surface area contributed by atoms with Crippen LogP contribution in [0.25, 0.3) is 0 Å². The molecule has 2 rings (SSSR count). The number of nitriles is 1. The molecule has 0 spiro atoms. The van der Waals surface area contributed by atoms with Gasteiger partial charge in [-0.15, -0.1) is 0 Å². The van der Waals surface area contributed by atoms with Gasteiger partial charge in [0, 0.05) is 19.3 Å². The summed E-state index contributed by atoms with van der Waals surface area (Å²) in [6.07, 6.45) is 3.09. The number of aliphatic carboxylic acids is 1. The molecule has 21 heavy (non-hydrogen) atoms. The second-order valence-electron chi connectivity index (χ2n) is 3.82. The third kappa shape index (κ3) is 5.25. The lowest BCUT2D eigenvalue weighted by atomic mass is 9.94. The number of hydrogen-bond donors (Lipinski definition) is 1. The molecule has 0 aromatic carbocycles. The molecule has 0 fully saturated rings.